The van der Waals surface area contributed by atoms with Crippen LogP contribution in [0.15, 0.2) is 0 Å². The number of hydrogen-bond acceptors (Lipinski definition) is 4. The fourth-order valence-corrected chi connectivity index (χ4v) is 3.11. The summed E-state index contributed by atoms with van der Waals surface area (Å²) in [6, 6.07) is 0. The number of amides is 1. The van der Waals surface area contributed by atoms with E-state index in [-0.39, 0.29) is 5.91 Å². The number of carbonyl (C=O) groups excluding carboxylic acids is 1. The summed E-state index contributed by atoms with van der Waals surface area (Å²) >= 11 is 0. The molecule has 0 unspecified atom stereocenters. The summed E-state index contributed by atoms with van der Waals surface area (Å²) in [7, 11) is 0. The van der Waals surface area contributed by atoms with Crippen LogP contribution < -0.4 is 10.6 Å². The van der Waals surface area contributed by atoms with Gasteiger partial charge in [0, 0.05) is 26.1 Å². The van der Waals surface area contributed by atoms with Gasteiger partial charge in [0.15, 0.2) is 0 Å². The van der Waals surface area contributed by atoms with Crippen LogP contribution in [0.5, 0.6) is 0 Å². The minimum Gasteiger partial charge on any atom is -0.480 e. The maximum absolute atomic E-state index is 12.7. The second-order valence-corrected chi connectivity index (χ2v) is 5.84. The van der Waals surface area contributed by atoms with Crippen molar-refractivity contribution in [1.82, 2.24) is 10.6 Å². The van der Waals surface area contributed by atoms with E-state index in [0.29, 0.717) is 26.1 Å². The van der Waals surface area contributed by atoms with E-state index in [1.807, 2.05) is 6.92 Å². The van der Waals surface area contributed by atoms with Crippen molar-refractivity contribution >= 4 is 11.9 Å². The molecule has 0 aromatic heterocycles. The maximum atomic E-state index is 12.7. The molecule has 0 radical (unpaired) electrons. The Morgan fingerprint density at radius 2 is 1.80 bits per heavy atom. The molecule has 2 heterocycles. The van der Waals surface area contributed by atoms with Gasteiger partial charge in [-0.25, -0.2) is 4.79 Å². The Balaban J connectivity index is 2.13. The lowest BCUT2D eigenvalue weighted by Crippen LogP contribution is -2.61. The van der Waals surface area contributed by atoms with Gasteiger partial charge in [-0.15, -0.1) is 0 Å². The molecule has 1 amide bonds. The van der Waals surface area contributed by atoms with Crippen molar-refractivity contribution in [3.05, 3.63) is 0 Å². The van der Waals surface area contributed by atoms with Crippen LogP contribution in [-0.2, 0) is 14.3 Å². The van der Waals surface area contributed by atoms with Crippen molar-refractivity contribution in [3.8, 4) is 0 Å². The lowest BCUT2D eigenvalue weighted by molar-refractivity contribution is -0.154. The van der Waals surface area contributed by atoms with Gasteiger partial charge in [0.05, 0.1) is 5.41 Å². The third-order valence-corrected chi connectivity index (χ3v) is 4.83. The summed E-state index contributed by atoms with van der Waals surface area (Å²) < 4.78 is 5.23. The van der Waals surface area contributed by atoms with Gasteiger partial charge >= 0.3 is 5.97 Å². The maximum Gasteiger partial charge on any atom is 0.329 e. The normalized spacial score (nSPS) is 24.9. The van der Waals surface area contributed by atoms with E-state index in [0.717, 1.165) is 32.4 Å². The van der Waals surface area contributed by atoms with Crippen LogP contribution in [0.2, 0.25) is 0 Å². The first-order valence-corrected chi connectivity index (χ1v) is 7.39. The molecular formula is C14H24N2O4. The fourth-order valence-electron chi connectivity index (χ4n) is 3.11. The topological polar surface area (TPSA) is 87.7 Å². The van der Waals surface area contributed by atoms with Crippen LogP contribution in [0.4, 0.5) is 0 Å². The summed E-state index contributed by atoms with van der Waals surface area (Å²) in [6.45, 7) is 4.39. The van der Waals surface area contributed by atoms with E-state index in [1.165, 1.54) is 0 Å². The van der Waals surface area contributed by atoms with Crippen molar-refractivity contribution in [2.45, 2.75) is 44.6 Å². The molecule has 0 aliphatic carbocycles. The van der Waals surface area contributed by atoms with E-state index < -0.39 is 16.9 Å². The van der Waals surface area contributed by atoms with Gasteiger partial charge in [0.2, 0.25) is 5.91 Å². The fraction of sp³-hybridized carbons (Fsp3) is 0.857. The van der Waals surface area contributed by atoms with E-state index >= 15 is 0 Å². The molecule has 20 heavy (non-hydrogen) atoms. The number of aliphatic carboxylic acids is 1. The molecule has 2 aliphatic rings. The highest BCUT2D eigenvalue weighted by Gasteiger charge is 2.46. The molecule has 2 fully saturated rings. The molecule has 0 aromatic rings. The highest BCUT2D eigenvalue weighted by Crippen LogP contribution is 2.34. The van der Waals surface area contributed by atoms with Gasteiger partial charge in [-0.1, -0.05) is 6.92 Å². The van der Waals surface area contributed by atoms with Gasteiger partial charge in [-0.2, -0.15) is 0 Å². The third kappa shape index (κ3) is 2.81. The Labute approximate surface area is 119 Å². The zero-order chi connectivity index (χ0) is 14.6. The first-order chi connectivity index (χ1) is 9.55. The van der Waals surface area contributed by atoms with E-state index in [4.69, 9.17) is 4.74 Å². The minimum atomic E-state index is -1.15. The molecule has 0 bridgehead atoms. The Morgan fingerprint density at radius 1 is 1.20 bits per heavy atom. The van der Waals surface area contributed by atoms with Gasteiger partial charge in [-0.05, 0) is 32.4 Å². The Hall–Kier alpha value is -1.14. The molecule has 0 spiro atoms. The van der Waals surface area contributed by atoms with E-state index in [1.54, 1.807) is 0 Å². The van der Waals surface area contributed by atoms with Crippen molar-refractivity contribution in [3.63, 3.8) is 0 Å². The molecule has 6 nitrogen and oxygen atoms in total. The molecule has 0 aromatic carbocycles. The Morgan fingerprint density at radius 3 is 2.30 bits per heavy atom. The second-order valence-electron chi connectivity index (χ2n) is 5.84. The van der Waals surface area contributed by atoms with Crippen LogP contribution in [0, 0.1) is 5.41 Å². The minimum absolute atomic E-state index is 0.106. The summed E-state index contributed by atoms with van der Waals surface area (Å²) in [4.78, 5) is 24.3. The highest BCUT2D eigenvalue weighted by molar-refractivity contribution is 5.90. The predicted molar refractivity (Wildman–Crippen MR) is 73.4 cm³/mol. The van der Waals surface area contributed by atoms with Crippen LogP contribution in [0.25, 0.3) is 0 Å². The van der Waals surface area contributed by atoms with Crippen molar-refractivity contribution in [2.75, 3.05) is 26.3 Å². The molecule has 0 atom stereocenters. The van der Waals surface area contributed by atoms with E-state index in [2.05, 4.69) is 10.6 Å². The highest BCUT2D eigenvalue weighted by atomic mass is 16.5. The Kier molecular flexibility index (Phi) is 4.65. The first kappa shape index (κ1) is 15.3. The Bertz CT molecular complexity index is 371. The lowest BCUT2D eigenvalue weighted by atomic mass is 9.75. The SMILES string of the molecule is CCC1(C(=O)NC2(C(=O)O)CCOCC2)CCNCC1. The molecule has 114 valence electrons. The molecule has 2 saturated heterocycles. The summed E-state index contributed by atoms with van der Waals surface area (Å²) in [5.74, 6) is -1.06. The summed E-state index contributed by atoms with van der Waals surface area (Å²) in [5.41, 5.74) is -1.58. The van der Waals surface area contributed by atoms with Crippen LogP contribution >= 0.6 is 0 Å². The number of carbonyl (C=O) groups is 2. The summed E-state index contributed by atoms with van der Waals surface area (Å²) in [5, 5.41) is 15.6. The second kappa shape index (κ2) is 6.10. The number of piperidine rings is 1. The molecule has 2 rings (SSSR count). The number of nitrogens with one attached hydrogen (secondary N) is 2. The van der Waals surface area contributed by atoms with Gasteiger partial charge in [0.1, 0.15) is 5.54 Å². The largest absolute Gasteiger partial charge is 0.480 e. The van der Waals surface area contributed by atoms with Crippen molar-refractivity contribution in [1.29, 1.82) is 0 Å². The number of ether oxygens (including phenoxy) is 1. The van der Waals surface area contributed by atoms with Gasteiger partial charge in [0.25, 0.3) is 0 Å². The quantitative estimate of drug-likeness (QED) is 0.700. The molecule has 3 N–H and O–H groups in total. The monoisotopic (exact) mass is 284 g/mol. The van der Waals surface area contributed by atoms with Crippen LogP contribution in [0.1, 0.15) is 39.0 Å². The number of carboxylic acids is 1. The molecular weight excluding hydrogens is 260 g/mol. The molecule has 6 heteroatoms. The average Bonchev–Trinajstić information content (AvgIpc) is 2.48. The van der Waals surface area contributed by atoms with Crippen molar-refractivity contribution < 1.29 is 19.4 Å². The van der Waals surface area contributed by atoms with Gasteiger partial charge < -0.3 is 20.5 Å². The number of carboxylic acid groups (broad SMARTS) is 1. The number of hydrogen-bond donors (Lipinski definition) is 3. The first-order valence-electron chi connectivity index (χ1n) is 7.39. The zero-order valence-corrected chi connectivity index (χ0v) is 12.0. The predicted octanol–water partition coefficient (Wildman–Crippen LogP) is 0.516. The van der Waals surface area contributed by atoms with Gasteiger partial charge in [-0.3, -0.25) is 4.79 Å². The third-order valence-electron chi connectivity index (χ3n) is 4.83. The lowest BCUT2D eigenvalue weighted by Gasteiger charge is -2.40. The molecule has 2 aliphatic heterocycles. The molecule has 0 saturated carbocycles. The average molecular weight is 284 g/mol. The standard InChI is InChI=1S/C14H24N2O4/c1-2-13(3-7-15-8-4-13)11(17)16-14(12(18)19)5-9-20-10-6-14/h15H,2-10H2,1H3,(H,16,17)(H,18,19). The number of rotatable bonds is 4. The van der Waals surface area contributed by atoms with Crippen LogP contribution in [-0.4, -0.2) is 48.8 Å². The zero-order valence-electron chi connectivity index (χ0n) is 12.0. The van der Waals surface area contributed by atoms with E-state index in [9.17, 15) is 14.7 Å². The smallest absolute Gasteiger partial charge is 0.329 e. The van der Waals surface area contributed by atoms with Crippen molar-refractivity contribution in [2.24, 2.45) is 5.41 Å². The van der Waals surface area contributed by atoms with Crippen LogP contribution in [0.3, 0.4) is 0 Å². The summed E-state index contributed by atoms with van der Waals surface area (Å²) in [6.07, 6.45) is 2.95.